The van der Waals surface area contributed by atoms with Crippen molar-refractivity contribution in [1.29, 1.82) is 5.26 Å². The molecule has 0 unspecified atom stereocenters. The van der Waals surface area contributed by atoms with Gasteiger partial charge in [-0.1, -0.05) is 0 Å². The van der Waals surface area contributed by atoms with Gasteiger partial charge in [0.25, 0.3) is 0 Å². The predicted molar refractivity (Wildman–Crippen MR) is 57.4 cm³/mol. The van der Waals surface area contributed by atoms with Gasteiger partial charge in [0.05, 0.1) is 12.5 Å². The van der Waals surface area contributed by atoms with Crippen LogP contribution in [0.25, 0.3) is 0 Å². The molecule has 1 aliphatic carbocycles. The van der Waals surface area contributed by atoms with E-state index in [2.05, 4.69) is 26.7 Å². The molecular formula is C10H13N5. The number of hydrogen-bond acceptors (Lipinski definition) is 5. The molecule has 1 aromatic heterocycles. The summed E-state index contributed by atoms with van der Waals surface area (Å²) in [6, 6.07) is 4.53. The van der Waals surface area contributed by atoms with Crippen LogP contribution >= 0.6 is 0 Å². The van der Waals surface area contributed by atoms with Gasteiger partial charge >= 0.3 is 0 Å². The minimum Gasteiger partial charge on any atom is -0.369 e. The smallest absolute Gasteiger partial charge is 0.131 e. The third-order valence-electron chi connectivity index (χ3n) is 2.14. The summed E-state index contributed by atoms with van der Waals surface area (Å²) in [7, 11) is 0. The van der Waals surface area contributed by atoms with Crippen LogP contribution in [0.15, 0.2) is 12.4 Å². The fourth-order valence-corrected chi connectivity index (χ4v) is 1.22. The molecule has 2 rings (SSSR count). The third-order valence-corrected chi connectivity index (χ3v) is 2.14. The van der Waals surface area contributed by atoms with Crippen molar-refractivity contribution in [2.24, 2.45) is 0 Å². The number of aromatic nitrogens is 2. The summed E-state index contributed by atoms with van der Waals surface area (Å²) in [6.45, 7) is 0.621. The van der Waals surface area contributed by atoms with E-state index in [4.69, 9.17) is 5.26 Å². The first-order chi connectivity index (χ1) is 7.38. The molecule has 78 valence electrons. The van der Waals surface area contributed by atoms with Crippen molar-refractivity contribution in [1.82, 2.24) is 9.97 Å². The maximum atomic E-state index is 8.39. The summed E-state index contributed by atoms with van der Waals surface area (Å²) in [5.74, 6) is 1.62. The zero-order valence-electron chi connectivity index (χ0n) is 8.40. The van der Waals surface area contributed by atoms with E-state index in [1.54, 1.807) is 0 Å². The molecule has 0 aromatic carbocycles. The lowest BCUT2D eigenvalue weighted by atomic mass is 10.4. The van der Waals surface area contributed by atoms with Gasteiger partial charge in [-0.25, -0.2) is 9.97 Å². The molecule has 5 heteroatoms. The van der Waals surface area contributed by atoms with Crippen LogP contribution in [0.2, 0.25) is 0 Å². The maximum absolute atomic E-state index is 8.39. The minimum atomic E-state index is 0.482. The van der Waals surface area contributed by atoms with Crippen molar-refractivity contribution in [2.75, 3.05) is 17.2 Å². The molecule has 0 radical (unpaired) electrons. The zero-order valence-corrected chi connectivity index (χ0v) is 8.40. The minimum absolute atomic E-state index is 0.482. The quantitative estimate of drug-likeness (QED) is 0.707. The molecule has 0 bridgehead atoms. The zero-order chi connectivity index (χ0) is 10.5. The first-order valence-corrected chi connectivity index (χ1v) is 5.08. The summed E-state index contributed by atoms with van der Waals surface area (Å²) in [6.07, 6.45) is 4.46. The van der Waals surface area contributed by atoms with Gasteiger partial charge in [0.2, 0.25) is 0 Å². The van der Waals surface area contributed by atoms with Gasteiger partial charge < -0.3 is 10.6 Å². The van der Waals surface area contributed by atoms with E-state index >= 15 is 0 Å². The lowest BCUT2D eigenvalue weighted by molar-refractivity contribution is 1.03. The van der Waals surface area contributed by atoms with E-state index in [1.165, 1.54) is 19.2 Å². The van der Waals surface area contributed by atoms with Crippen molar-refractivity contribution in [3.8, 4) is 6.07 Å². The van der Waals surface area contributed by atoms with Gasteiger partial charge in [-0.3, -0.25) is 0 Å². The van der Waals surface area contributed by atoms with Crippen LogP contribution in [0, 0.1) is 11.3 Å². The summed E-state index contributed by atoms with van der Waals surface area (Å²) in [5.41, 5.74) is 0. The molecule has 0 aliphatic heterocycles. The Labute approximate surface area is 88.5 Å². The Bertz CT molecular complexity index is 366. The molecule has 1 saturated carbocycles. The Balaban J connectivity index is 1.89. The fraction of sp³-hybridized carbons (Fsp3) is 0.500. The van der Waals surface area contributed by atoms with Gasteiger partial charge in [0.1, 0.15) is 18.0 Å². The first kappa shape index (κ1) is 9.71. The molecule has 15 heavy (non-hydrogen) atoms. The Morgan fingerprint density at radius 1 is 1.40 bits per heavy atom. The molecule has 1 aliphatic rings. The summed E-state index contributed by atoms with van der Waals surface area (Å²) < 4.78 is 0. The van der Waals surface area contributed by atoms with E-state index in [0.29, 0.717) is 19.0 Å². The van der Waals surface area contributed by atoms with Crippen LogP contribution in [0.1, 0.15) is 19.3 Å². The van der Waals surface area contributed by atoms with Gasteiger partial charge in [0.15, 0.2) is 0 Å². The average Bonchev–Trinajstić information content (AvgIpc) is 3.03. The van der Waals surface area contributed by atoms with Crippen molar-refractivity contribution in [3.05, 3.63) is 12.4 Å². The van der Waals surface area contributed by atoms with E-state index in [0.717, 1.165) is 11.6 Å². The third kappa shape index (κ3) is 3.09. The predicted octanol–water partition coefficient (Wildman–Crippen LogP) is 1.38. The topological polar surface area (TPSA) is 73.6 Å². The van der Waals surface area contributed by atoms with E-state index in [-0.39, 0.29) is 0 Å². The Kier molecular flexibility index (Phi) is 2.98. The highest BCUT2D eigenvalue weighted by Gasteiger charge is 2.21. The summed E-state index contributed by atoms with van der Waals surface area (Å²) in [5, 5.41) is 14.7. The van der Waals surface area contributed by atoms with E-state index in [1.807, 2.05) is 6.07 Å². The van der Waals surface area contributed by atoms with Crippen LogP contribution in [-0.2, 0) is 0 Å². The highest BCUT2D eigenvalue weighted by Crippen LogP contribution is 2.23. The van der Waals surface area contributed by atoms with E-state index < -0.39 is 0 Å². The van der Waals surface area contributed by atoms with Gasteiger partial charge in [-0.15, -0.1) is 0 Å². The molecule has 0 amide bonds. The highest BCUT2D eigenvalue weighted by atomic mass is 15.1. The van der Waals surface area contributed by atoms with Crippen molar-refractivity contribution < 1.29 is 0 Å². The Hall–Kier alpha value is -1.83. The number of nitrogens with zero attached hydrogens (tertiary/aromatic N) is 3. The summed E-state index contributed by atoms with van der Waals surface area (Å²) >= 11 is 0. The second kappa shape index (κ2) is 4.60. The van der Waals surface area contributed by atoms with Gasteiger partial charge in [-0.2, -0.15) is 5.26 Å². The molecule has 1 fully saturated rings. The van der Waals surface area contributed by atoms with Gasteiger partial charge in [0, 0.05) is 18.7 Å². The van der Waals surface area contributed by atoms with Crippen molar-refractivity contribution in [3.63, 3.8) is 0 Å². The van der Waals surface area contributed by atoms with E-state index in [9.17, 15) is 0 Å². The lowest BCUT2D eigenvalue weighted by Gasteiger charge is -2.06. The van der Waals surface area contributed by atoms with Crippen LogP contribution < -0.4 is 10.6 Å². The first-order valence-electron chi connectivity index (χ1n) is 5.08. The summed E-state index contributed by atoms with van der Waals surface area (Å²) in [4.78, 5) is 8.19. The molecule has 1 heterocycles. The number of nitrogens with one attached hydrogen (secondary N) is 2. The molecule has 0 saturated heterocycles. The molecule has 5 nitrogen and oxygen atoms in total. The number of rotatable bonds is 5. The SMILES string of the molecule is N#CCCNc1cc(NC2CC2)ncn1. The second-order valence-electron chi connectivity index (χ2n) is 3.54. The number of nitriles is 1. The average molecular weight is 203 g/mol. The number of anilines is 2. The molecule has 1 aromatic rings. The van der Waals surface area contributed by atoms with Crippen LogP contribution in [-0.4, -0.2) is 22.6 Å². The normalized spacial score (nSPS) is 14.3. The molecule has 2 N–H and O–H groups in total. The molecule has 0 spiro atoms. The van der Waals surface area contributed by atoms with Crippen LogP contribution in [0.5, 0.6) is 0 Å². The molecular weight excluding hydrogens is 190 g/mol. The monoisotopic (exact) mass is 203 g/mol. The number of hydrogen-bond donors (Lipinski definition) is 2. The fourth-order valence-electron chi connectivity index (χ4n) is 1.22. The standard InChI is InChI=1S/C10H13N5/c11-4-1-5-12-9-6-10(14-7-13-9)15-8-2-3-8/h6-8H,1-3,5H2,(H2,12,13,14,15). The largest absolute Gasteiger partial charge is 0.369 e. The highest BCUT2D eigenvalue weighted by molar-refractivity contribution is 5.47. The Morgan fingerprint density at radius 3 is 2.93 bits per heavy atom. The van der Waals surface area contributed by atoms with Crippen molar-refractivity contribution in [2.45, 2.75) is 25.3 Å². The lowest BCUT2D eigenvalue weighted by Crippen LogP contribution is -2.06. The Morgan fingerprint density at radius 2 is 2.20 bits per heavy atom. The second-order valence-corrected chi connectivity index (χ2v) is 3.54. The van der Waals surface area contributed by atoms with Crippen LogP contribution in [0.4, 0.5) is 11.6 Å². The molecule has 0 atom stereocenters. The van der Waals surface area contributed by atoms with Crippen LogP contribution in [0.3, 0.4) is 0 Å². The maximum Gasteiger partial charge on any atom is 0.131 e. The van der Waals surface area contributed by atoms with Crippen molar-refractivity contribution >= 4 is 11.6 Å². The van der Waals surface area contributed by atoms with Gasteiger partial charge in [-0.05, 0) is 12.8 Å².